The zero-order chi connectivity index (χ0) is 33.8. The summed E-state index contributed by atoms with van der Waals surface area (Å²) < 4.78 is 30.3. The number of aromatic nitrogens is 3. The van der Waals surface area contributed by atoms with Gasteiger partial charge in [-0.15, -0.1) is 5.10 Å². The van der Waals surface area contributed by atoms with Crippen LogP contribution in [0.25, 0.3) is 0 Å². The fraction of sp³-hybridized carbons (Fsp3) is 0.371. The monoisotopic (exact) mass is 689 g/mol. The van der Waals surface area contributed by atoms with Gasteiger partial charge in [0.1, 0.15) is 5.75 Å². The summed E-state index contributed by atoms with van der Waals surface area (Å²) in [5.74, 6) is -0.238. The van der Waals surface area contributed by atoms with Crippen LogP contribution in [-0.4, -0.2) is 59.6 Å². The molecule has 4 heterocycles. The molecule has 7 rings (SSSR count). The molecule has 1 spiro atoms. The number of nitrogens with zero attached hydrogens (tertiary/aromatic N) is 5. The fourth-order valence-corrected chi connectivity index (χ4v) is 10.4. The van der Waals surface area contributed by atoms with E-state index in [4.69, 9.17) is 21.1 Å². The molecular weight excluding hydrogens is 653 g/mol. The van der Waals surface area contributed by atoms with E-state index in [0.29, 0.717) is 58.5 Å². The molecule has 1 aromatic heterocycles. The summed E-state index contributed by atoms with van der Waals surface area (Å²) in [6.07, 6.45) is 2.07. The molecule has 1 saturated heterocycles. The Bertz CT molecular complexity index is 1870. The molecule has 1 fully saturated rings. The van der Waals surface area contributed by atoms with E-state index >= 15 is 4.11 Å². The lowest BCUT2D eigenvalue weighted by Gasteiger charge is -2.31. The fourth-order valence-electron chi connectivity index (χ4n) is 7.70. The van der Waals surface area contributed by atoms with Gasteiger partial charge in [0.2, 0.25) is 8.41 Å². The predicted molar refractivity (Wildman–Crippen MR) is 182 cm³/mol. The highest BCUT2D eigenvalue weighted by Crippen LogP contribution is 2.60. The zero-order valence-corrected chi connectivity index (χ0v) is 28.7. The Morgan fingerprint density at radius 2 is 1.85 bits per heavy atom. The van der Waals surface area contributed by atoms with Crippen molar-refractivity contribution in [2.24, 2.45) is 5.92 Å². The number of aryl methyl sites for hydroxylation is 1. The molecule has 0 bridgehead atoms. The van der Waals surface area contributed by atoms with Gasteiger partial charge < -0.3 is 23.6 Å². The van der Waals surface area contributed by atoms with Gasteiger partial charge >= 0.3 is 0 Å². The number of fused-ring (bicyclic) bond motifs is 3. The standard InChI is InChI=1S/C35H37ClFN5O5Si/c1-22-33(48(2,3)37)31(14-16-40-20-25(15-17-43)38-39-40)47-35(22)27-18-24(36)10-13-28(27)41(34(35)45)19-23-8-11-26(12-9-23)42-29-6-4-5-7-30(29)46-21-32(42)44/h4-13,18,20,22,31,33,43H,14-17,19,21H2,1-3H3/t22-,31+,33-,35+/m1/s1. The molecule has 10 nitrogen and oxygen atoms in total. The van der Waals surface area contributed by atoms with Gasteiger partial charge in [-0.25, -0.2) is 0 Å². The van der Waals surface area contributed by atoms with Crippen molar-refractivity contribution in [1.82, 2.24) is 15.0 Å². The molecular formula is C35H37ClFN5O5Si. The van der Waals surface area contributed by atoms with Crippen molar-refractivity contribution in [2.75, 3.05) is 23.0 Å². The molecule has 2 amide bonds. The molecule has 3 aromatic carbocycles. The minimum absolute atomic E-state index is 0.0268. The van der Waals surface area contributed by atoms with Crippen LogP contribution in [0.5, 0.6) is 5.75 Å². The van der Waals surface area contributed by atoms with Gasteiger partial charge in [-0.3, -0.25) is 19.2 Å². The van der Waals surface area contributed by atoms with E-state index in [9.17, 15) is 14.7 Å². The van der Waals surface area contributed by atoms with Gasteiger partial charge in [0, 0.05) is 53.5 Å². The number of benzene rings is 3. The number of halogens is 2. The number of aliphatic hydroxyl groups excluding tert-OH is 1. The van der Waals surface area contributed by atoms with Crippen LogP contribution in [0.2, 0.25) is 23.7 Å². The van der Waals surface area contributed by atoms with E-state index in [1.54, 1.807) is 45.9 Å². The second-order valence-corrected chi connectivity index (χ2v) is 17.4. The van der Waals surface area contributed by atoms with Crippen LogP contribution in [0.4, 0.5) is 21.2 Å². The normalized spacial score (nSPS) is 23.5. The Kier molecular flexibility index (Phi) is 8.39. The first-order valence-electron chi connectivity index (χ1n) is 16.1. The topological polar surface area (TPSA) is 110 Å². The van der Waals surface area contributed by atoms with E-state index in [0.717, 1.165) is 5.56 Å². The maximum atomic E-state index is 16.2. The van der Waals surface area contributed by atoms with E-state index in [-0.39, 0.29) is 31.6 Å². The molecule has 3 aliphatic rings. The number of carbonyl (C=O) groups is 2. The first kappa shape index (κ1) is 32.4. The summed E-state index contributed by atoms with van der Waals surface area (Å²) in [7, 11) is -3.35. The average Bonchev–Trinajstić information content (AvgIpc) is 3.70. The minimum Gasteiger partial charge on any atom is -0.482 e. The lowest BCUT2D eigenvalue weighted by Crippen LogP contribution is -2.45. The third-order valence-corrected chi connectivity index (χ3v) is 12.5. The Morgan fingerprint density at radius 3 is 2.60 bits per heavy atom. The largest absolute Gasteiger partial charge is 0.482 e. The maximum Gasteiger partial charge on any atom is 0.269 e. The van der Waals surface area contributed by atoms with Gasteiger partial charge in [-0.05, 0) is 67.5 Å². The van der Waals surface area contributed by atoms with Gasteiger partial charge in [0.15, 0.2) is 12.2 Å². The van der Waals surface area contributed by atoms with Crippen LogP contribution in [0, 0.1) is 5.92 Å². The van der Waals surface area contributed by atoms with Gasteiger partial charge in [0.05, 0.1) is 29.7 Å². The second-order valence-electron chi connectivity index (χ2n) is 13.2. The van der Waals surface area contributed by atoms with E-state index in [1.165, 1.54) is 0 Å². The van der Waals surface area contributed by atoms with Crippen molar-refractivity contribution in [2.45, 2.75) is 63.2 Å². The van der Waals surface area contributed by atoms with Gasteiger partial charge in [0.25, 0.3) is 11.8 Å². The average molecular weight is 690 g/mol. The number of aliphatic hydroxyl groups is 1. The van der Waals surface area contributed by atoms with Crippen LogP contribution in [0.1, 0.15) is 30.2 Å². The quantitative estimate of drug-likeness (QED) is 0.171. The highest BCUT2D eigenvalue weighted by molar-refractivity contribution is 6.72. The summed E-state index contributed by atoms with van der Waals surface area (Å²) in [4.78, 5) is 30.9. The van der Waals surface area contributed by atoms with Crippen molar-refractivity contribution < 1.29 is 28.3 Å². The highest BCUT2D eigenvalue weighted by Gasteiger charge is 2.66. The molecule has 250 valence electrons. The highest BCUT2D eigenvalue weighted by atomic mass is 35.5. The van der Waals surface area contributed by atoms with Gasteiger partial charge in [-0.2, -0.15) is 0 Å². The number of para-hydroxylation sites is 2. The molecule has 0 aliphatic carbocycles. The Labute approximate surface area is 284 Å². The van der Waals surface area contributed by atoms with Gasteiger partial charge in [-0.1, -0.05) is 48.0 Å². The molecule has 3 aliphatic heterocycles. The lowest BCUT2D eigenvalue weighted by molar-refractivity contribution is -0.146. The van der Waals surface area contributed by atoms with Crippen LogP contribution in [-0.2, 0) is 39.4 Å². The Hall–Kier alpha value is -4.10. The molecule has 48 heavy (non-hydrogen) atoms. The van der Waals surface area contributed by atoms with Crippen molar-refractivity contribution in [3.8, 4) is 5.75 Å². The second kappa shape index (κ2) is 12.4. The molecule has 0 unspecified atom stereocenters. The summed E-state index contributed by atoms with van der Waals surface area (Å²) in [5, 5.41) is 18.0. The number of hydrogen-bond acceptors (Lipinski definition) is 7. The molecule has 0 saturated carbocycles. The maximum absolute atomic E-state index is 16.2. The first-order chi connectivity index (χ1) is 23.0. The van der Waals surface area contributed by atoms with Crippen LogP contribution < -0.4 is 14.5 Å². The van der Waals surface area contributed by atoms with Crippen molar-refractivity contribution in [3.05, 3.63) is 94.8 Å². The number of rotatable bonds is 9. The summed E-state index contributed by atoms with van der Waals surface area (Å²) in [6.45, 7) is 5.87. The predicted octanol–water partition coefficient (Wildman–Crippen LogP) is 5.94. The number of hydrogen-bond donors (Lipinski definition) is 1. The van der Waals surface area contributed by atoms with Crippen LogP contribution >= 0.6 is 11.6 Å². The van der Waals surface area contributed by atoms with Crippen LogP contribution in [0.3, 0.4) is 0 Å². The summed E-state index contributed by atoms with van der Waals surface area (Å²) in [5.41, 5.74) is 2.35. The molecule has 0 radical (unpaired) electrons. The molecule has 13 heteroatoms. The summed E-state index contributed by atoms with van der Waals surface area (Å²) in [6, 6.07) is 20.3. The lowest BCUT2D eigenvalue weighted by atomic mass is 9.82. The molecule has 4 aromatic rings. The number of anilines is 3. The SMILES string of the molecule is C[C@@H]1[C@@H]([Si](C)(C)F)[C@H](CCn2cc(CCO)nn2)O[C@@]12C(=O)N(Cc1ccc(N3C(=O)COc4ccccc43)cc1)c1ccc(Cl)cc12. The molecule has 4 atom stereocenters. The zero-order valence-electron chi connectivity index (χ0n) is 27.0. The smallest absolute Gasteiger partial charge is 0.269 e. The number of ether oxygens (including phenoxy) is 2. The van der Waals surface area contributed by atoms with E-state index in [1.807, 2.05) is 61.5 Å². The van der Waals surface area contributed by atoms with E-state index < -0.39 is 31.6 Å². The Balaban J connectivity index is 1.18. The van der Waals surface area contributed by atoms with E-state index in [2.05, 4.69) is 10.3 Å². The summed E-state index contributed by atoms with van der Waals surface area (Å²) >= 11 is 6.53. The van der Waals surface area contributed by atoms with Crippen LogP contribution in [0.15, 0.2) is 72.9 Å². The van der Waals surface area contributed by atoms with Crippen molar-refractivity contribution in [3.63, 3.8) is 0 Å². The Morgan fingerprint density at radius 1 is 1.08 bits per heavy atom. The van der Waals surface area contributed by atoms with Crippen molar-refractivity contribution in [1.29, 1.82) is 0 Å². The number of amides is 2. The first-order valence-corrected chi connectivity index (χ1v) is 19.5. The van der Waals surface area contributed by atoms with Crippen molar-refractivity contribution >= 4 is 48.9 Å². The minimum atomic E-state index is -3.35. The third kappa shape index (κ3) is 5.50. The molecule has 1 N–H and O–H groups in total. The third-order valence-electron chi connectivity index (χ3n) is 9.76. The number of carbonyl (C=O) groups excluding carboxylic acids is 2.